The van der Waals surface area contributed by atoms with Crippen molar-refractivity contribution in [3.63, 3.8) is 0 Å². The van der Waals surface area contributed by atoms with Gasteiger partial charge in [-0.3, -0.25) is 9.59 Å². The highest BCUT2D eigenvalue weighted by Crippen LogP contribution is 2.28. The lowest BCUT2D eigenvalue weighted by molar-refractivity contribution is -0.144. The summed E-state index contributed by atoms with van der Waals surface area (Å²) in [5.41, 5.74) is -0.839. The molecule has 4 N–H and O–H groups in total. The molecular formula is C15H28N2O5. The summed E-state index contributed by atoms with van der Waals surface area (Å²) in [6.07, 6.45) is 3.13. The minimum Gasteiger partial charge on any atom is -0.400 e. The average molecular weight is 316 g/mol. The first-order chi connectivity index (χ1) is 10.6. The van der Waals surface area contributed by atoms with Crippen molar-refractivity contribution < 1.29 is 24.6 Å². The lowest BCUT2D eigenvalue weighted by Crippen LogP contribution is -2.57. The molecule has 128 valence electrons. The maximum Gasteiger partial charge on any atom is 0.236 e. The molecule has 1 heterocycles. The highest BCUT2D eigenvalue weighted by atomic mass is 16.3. The van der Waals surface area contributed by atoms with Gasteiger partial charge in [-0.1, -0.05) is 26.7 Å². The van der Waals surface area contributed by atoms with Crippen molar-refractivity contribution in [3.8, 4) is 0 Å². The fraction of sp³-hybridized carbons (Fsp3) is 0.800. The zero-order valence-corrected chi connectivity index (χ0v) is 13.6. The molecule has 2 rings (SSSR count). The molecule has 2 amide bonds. The molecule has 0 radical (unpaired) electrons. The lowest BCUT2D eigenvalue weighted by atomic mass is 9.92. The second-order valence-electron chi connectivity index (χ2n) is 5.10. The van der Waals surface area contributed by atoms with Crippen LogP contribution in [0.15, 0.2) is 0 Å². The van der Waals surface area contributed by atoms with E-state index < -0.39 is 29.4 Å². The number of carbonyl (C=O) groups is 3. The van der Waals surface area contributed by atoms with Gasteiger partial charge in [-0.05, 0) is 19.3 Å². The van der Waals surface area contributed by atoms with Crippen molar-refractivity contribution in [2.45, 2.75) is 57.6 Å². The van der Waals surface area contributed by atoms with Crippen LogP contribution in [-0.2, 0) is 14.4 Å². The first-order valence-electron chi connectivity index (χ1n) is 7.77. The van der Waals surface area contributed by atoms with Crippen LogP contribution in [-0.4, -0.2) is 53.6 Å². The van der Waals surface area contributed by atoms with Crippen molar-refractivity contribution in [1.82, 2.24) is 10.6 Å². The minimum atomic E-state index is -1.10. The Balaban J connectivity index is 0.00000102. The third-order valence-corrected chi connectivity index (χ3v) is 3.78. The number of aliphatic hydroxyl groups excluding tert-OH is 2. The van der Waals surface area contributed by atoms with E-state index >= 15 is 0 Å². The van der Waals surface area contributed by atoms with E-state index in [0.29, 0.717) is 25.8 Å². The first kappa shape index (κ1) is 20.5. The van der Waals surface area contributed by atoms with Crippen molar-refractivity contribution in [2.75, 3.05) is 13.7 Å². The predicted octanol–water partition coefficient (Wildman–Crippen LogP) is -0.254. The Kier molecular flexibility index (Phi) is 9.60. The number of hydrogen-bond acceptors (Lipinski definition) is 5. The van der Waals surface area contributed by atoms with E-state index in [1.54, 1.807) is 0 Å². The van der Waals surface area contributed by atoms with Crippen LogP contribution in [0.25, 0.3) is 0 Å². The van der Waals surface area contributed by atoms with Gasteiger partial charge in [0.25, 0.3) is 0 Å². The zero-order valence-electron chi connectivity index (χ0n) is 13.6. The van der Waals surface area contributed by atoms with Crippen LogP contribution in [0.5, 0.6) is 0 Å². The number of hydrogen-bond donors (Lipinski definition) is 4. The topological polar surface area (TPSA) is 116 Å². The largest absolute Gasteiger partial charge is 0.400 e. The fourth-order valence-electron chi connectivity index (χ4n) is 2.69. The Bertz CT molecular complexity index is 367. The SMILES string of the molecule is CC.CO.O=CC1(NC(=O)C2C(=O)NCCC2O)CCCC1. The van der Waals surface area contributed by atoms with Crippen molar-refractivity contribution in [1.29, 1.82) is 0 Å². The van der Waals surface area contributed by atoms with Crippen LogP contribution in [0.2, 0.25) is 0 Å². The van der Waals surface area contributed by atoms with Gasteiger partial charge >= 0.3 is 0 Å². The summed E-state index contributed by atoms with van der Waals surface area (Å²) >= 11 is 0. The van der Waals surface area contributed by atoms with Gasteiger partial charge in [0.15, 0.2) is 0 Å². The molecule has 0 aromatic rings. The van der Waals surface area contributed by atoms with Crippen molar-refractivity contribution in [3.05, 3.63) is 0 Å². The normalized spacial score (nSPS) is 25.6. The maximum atomic E-state index is 12.0. The first-order valence-corrected chi connectivity index (χ1v) is 7.77. The number of carbonyl (C=O) groups excluding carboxylic acids is 3. The summed E-state index contributed by atoms with van der Waals surface area (Å²) in [6, 6.07) is 0. The van der Waals surface area contributed by atoms with Gasteiger partial charge in [-0.2, -0.15) is 0 Å². The molecular weight excluding hydrogens is 288 g/mol. The van der Waals surface area contributed by atoms with Gasteiger partial charge in [0.1, 0.15) is 12.2 Å². The molecule has 22 heavy (non-hydrogen) atoms. The average Bonchev–Trinajstić information content (AvgIpc) is 3.00. The summed E-state index contributed by atoms with van der Waals surface area (Å²) < 4.78 is 0. The number of aliphatic hydroxyl groups is 2. The number of piperidine rings is 1. The van der Waals surface area contributed by atoms with Gasteiger partial charge in [-0.15, -0.1) is 0 Å². The molecule has 1 saturated heterocycles. The van der Waals surface area contributed by atoms with Gasteiger partial charge in [-0.25, -0.2) is 0 Å². The number of rotatable bonds is 3. The van der Waals surface area contributed by atoms with E-state index in [4.69, 9.17) is 5.11 Å². The van der Waals surface area contributed by atoms with Crippen LogP contribution in [0.3, 0.4) is 0 Å². The van der Waals surface area contributed by atoms with Crippen LogP contribution in [0, 0.1) is 5.92 Å². The maximum absolute atomic E-state index is 12.0. The van der Waals surface area contributed by atoms with Gasteiger partial charge in [0.05, 0.1) is 11.6 Å². The Morgan fingerprint density at radius 1 is 1.32 bits per heavy atom. The zero-order chi connectivity index (χ0) is 17.2. The van der Waals surface area contributed by atoms with Gasteiger partial charge in [0.2, 0.25) is 11.8 Å². The molecule has 7 nitrogen and oxygen atoms in total. The summed E-state index contributed by atoms with van der Waals surface area (Å²) in [6.45, 7) is 4.38. The van der Waals surface area contributed by atoms with Crippen LogP contribution < -0.4 is 10.6 Å². The molecule has 1 saturated carbocycles. The molecule has 0 aromatic carbocycles. The molecule has 1 aliphatic carbocycles. The lowest BCUT2D eigenvalue weighted by Gasteiger charge is -2.30. The third kappa shape index (κ3) is 5.06. The number of nitrogens with one attached hydrogen (secondary N) is 2. The molecule has 2 fully saturated rings. The predicted molar refractivity (Wildman–Crippen MR) is 82.0 cm³/mol. The highest BCUT2D eigenvalue weighted by Gasteiger charge is 2.42. The van der Waals surface area contributed by atoms with Gasteiger partial charge in [0, 0.05) is 13.7 Å². The van der Waals surface area contributed by atoms with E-state index in [0.717, 1.165) is 26.2 Å². The quantitative estimate of drug-likeness (QED) is 0.423. The molecule has 0 spiro atoms. The highest BCUT2D eigenvalue weighted by molar-refractivity contribution is 6.02. The minimum absolute atomic E-state index is 0.359. The molecule has 0 bridgehead atoms. The smallest absolute Gasteiger partial charge is 0.236 e. The summed E-state index contributed by atoms with van der Waals surface area (Å²) in [4.78, 5) is 34.8. The molecule has 7 heteroatoms. The monoisotopic (exact) mass is 316 g/mol. The van der Waals surface area contributed by atoms with E-state index in [9.17, 15) is 19.5 Å². The summed E-state index contributed by atoms with van der Waals surface area (Å²) in [5.74, 6) is -2.12. The molecule has 2 unspecified atom stereocenters. The second kappa shape index (κ2) is 10.3. The van der Waals surface area contributed by atoms with E-state index in [1.807, 2.05) is 13.8 Å². The van der Waals surface area contributed by atoms with Gasteiger partial charge < -0.3 is 25.6 Å². The Labute approximate surface area is 131 Å². The summed E-state index contributed by atoms with van der Waals surface area (Å²) in [5, 5.41) is 21.9. The molecule has 2 aliphatic rings. The van der Waals surface area contributed by atoms with E-state index in [2.05, 4.69) is 10.6 Å². The Hall–Kier alpha value is -1.47. The number of aldehydes is 1. The molecule has 1 aliphatic heterocycles. The summed E-state index contributed by atoms with van der Waals surface area (Å²) in [7, 11) is 1.00. The van der Waals surface area contributed by atoms with Crippen molar-refractivity contribution in [2.24, 2.45) is 5.92 Å². The van der Waals surface area contributed by atoms with Crippen LogP contribution >= 0.6 is 0 Å². The third-order valence-electron chi connectivity index (χ3n) is 3.78. The van der Waals surface area contributed by atoms with E-state index in [-0.39, 0.29) is 0 Å². The Morgan fingerprint density at radius 3 is 2.32 bits per heavy atom. The van der Waals surface area contributed by atoms with Crippen LogP contribution in [0.4, 0.5) is 0 Å². The standard InChI is InChI=1S/C12H18N2O4.C2H6.CH4O/c15-7-12(4-1-2-5-12)14-11(18)9-8(16)3-6-13-10(9)17;2*1-2/h7-9,16H,1-6H2,(H,13,17)(H,14,18);1-2H3;2H,1H3. The fourth-order valence-corrected chi connectivity index (χ4v) is 2.69. The second-order valence-corrected chi connectivity index (χ2v) is 5.10. The van der Waals surface area contributed by atoms with Crippen LogP contribution in [0.1, 0.15) is 46.0 Å². The van der Waals surface area contributed by atoms with Crippen molar-refractivity contribution >= 4 is 18.1 Å². The van der Waals surface area contributed by atoms with E-state index in [1.165, 1.54) is 0 Å². The molecule has 2 atom stereocenters. The number of amides is 2. The Morgan fingerprint density at radius 2 is 1.86 bits per heavy atom. The molecule has 0 aromatic heterocycles.